The molecule has 6 heteroatoms. The topological polar surface area (TPSA) is 59.4 Å². The molecule has 1 aromatic heterocycles. The standard InChI is InChI=1S/C20H28N4O2/c1-15(2)19-13-18(22-24(19)17-7-5-4-6-8-17)20(25)21-16-9-10-23(14-16)11-12-26-3/h4-8,13,15-16H,9-12,14H2,1-3H3,(H,21,25). The van der Waals surface area contributed by atoms with Crippen LogP contribution in [0.25, 0.3) is 5.69 Å². The van der Waals surface area contributed by atoms with Gasteiger partial charge in [-0.3, -0.25) is 9.69 Å². The Morgan fingerprint density at radius 3 is 2.81 bits per heavy atom. The minimum Gasteiger partial charge on any atom is -0.383 e. The monoisotopic (exact) mass is 356 g/mol. The van der Waals surface area contributed by atoms with E-state index in [0.717, 1.165) is 44.0 Å². The molecule has 1 atom stereocenters. The van der Waals surface area contributed by atoms with E-state index in [-0.39, 0.29) is 17.9 Å². The Balaban J connectivity index is 1.70. The summed E-state index contributed by atoms with van der Waals surface area (Å²) >= 11 is 0. The van der Waals surface area contributed by atoms with Gasteiger partial charge in [-0.25, -0.2) is 4.68 Å². The number of hydrogen-bond donors (Lipinski definition) is 1. The predicted molar refractivity (Wildman–Crippen MR) is 102 cm³/mol. The first-order valence-electron chi connectivity index (χ1n) is 9.26. The van der Waals surface area contributed by atoms with Crippen molar-refractivity contribution >= 4 is 5.91 Å². The van der Waals surface area contributed by atoms with E-state index in [4.69, 9.17) is 4.74 Å². The Morgan fingerprint density at radius 2 is 2.12 bits per heavy atom. The van der Waals surface area contributed by atoms with Crippen molar-refractivity contribution in [3.05, 3.63) is 47.8 Å². The Bertz CT molecular complexity index is 727. The van der Waals surface area contributed by atoms with Crippen LogP contribution in [-0.2, 0) is 4.74 Å². The molecule has 26 heavy (non-hydrogen) atoms. The van der Waals surface area contributed by atoms with Crippen molar-refractivity contribution in [1.82, 2.24) is 20.0 Å². The van der Waals surface area contributed by atoms with Gasteiger partial charge in [-0.1, -0.05) is 32.0 Å². The molecule has 2 aromatic rings. The molecule has 1 saturated heterocycles. The van der Waals surface area contributed by atoms with Crippen molar-refractivity contribution in [3.63, 3.8) is 0 Å². The van der Waals surface area contributed by atoms with E-state index in [0.29, 0.717) is 5.69 Å². The van der Waals surface area contributed by atoms with Crippen LogP contribution >= 0.6 is 0 Å². The van der Waals surface area contributed by atoms with Gasteiger partial charge < -0.3 is 10.1 Å². The molecule has 0 saturated carbocycles. The third-order valence-electron chi connectivity index (χ3n) is 4.78. The number of methoxy groups -OCH3 is 1. The van der Waals surface area contributed by atoms with Crippen molar-refractivity contribution in [2.24, 2.45) is 0 Å². The Hall–Kier alpha value is -2.18. The average molecular weight is 356 g/mol. The fraction of sp³-hybridized carbons (Fsp3) is 0.500. The van der Waals surface area contributed by atoms with E-state index in [1.807, 2.05) is 41.1 Å². The maximum atomic E-state index is 12.7. The number of nitrogens with zero attached hydrogens (tertiary/aromatic N) is 3. The summed E-state index contributed by atoms with van der Waals surface area (Å²) in [4.78, 5) is 15.0. The Labute approximate surface area is 155 Å². The molecule has 0 aliphatic carbocycles. The maximum Gasteiger partial charge on any atom is 0.272 e. The summed E-state index contributed by atoms with van der Waals surface area (Å²) in [5.41, 5.74) is 2.49. The van der Waals surface area contributed by atoms with Gasteiger partial charge in [0.25, 0.3) is 5.91 Å². The lowest BCUT2D eigenvalue weighted by Crippen LogP contribution is -2.37. The van der Waals surface area contributed by atoms with Crippen molar-refractivity contribution in [3.8, 4) is 5.69 Å². The lowest BCUT2D eigenvalue weighted by atomic mass is 10.1. The molecule has 1 unspecified atom stereocenters. The number of amides is 1. The summed E-state index contributed by atoms with van der Waals surface area (Å²) in [5.74, 6) is 0.181. The Morgan fingerprint density at radius 1 is 1.35 bits per heavy atom. The second-order valence-electron chi connectivity index (χ2n) is 7.11. The van der Waals surface area contributed by atoms with E-state index in [2.05, 4.69) is 29.2 Å². The highest BCUT2D eigenvalue weighted by atomic mass is 16.5. The molecule has 2 heterocycles. The molecular weight excluding hydrogens is 328 g/mol. The van der Waals surface area contributed by atoms with Gasteiger partial charge >= 0.3 is 0 Å². The number of benzene rings is 1. The molecule has 0 spiro atoms. The SMILES string of the molecule is COCCN1CCC(NC(=O)c2cc(C(C)C)n(-c3ccccc3)n2)C1. The van der Waals surface area contributed by atoms with E-state index in [1.54, 1.807) is 7.11 Å². The molecule has 3 rings (SSSR count). The summed E-state index contributed by atoms with van der Waals surface area (Å²) in [6.45, 7) is 7.71. The fourth-order valence-electron chi connectivity index (χ4n) is 3.33. The highest BCUT2D eigenvalue weighted by Gasteiger charge is 2.25. The molecule has 1 fully saturated rings. The quantitative estimate of drug-likeness (QED) is 0.828. The molecule has 1 aliphatic rings. The molecule has 0 radical (unpaired) electrons. The minimum atomic E-state index is -0.0971. The first-order chi connectivity index (χ1) is 12.6. The number of aromatic nitrogens is 2. The third kappa shape index (κ3) is 4.31. The number of ether oxygens (including phenoxy) is 1. The van der Waals surface area contributed by atoms with Gasteiger partial charge in [-0.2, -0.15) is 5.10 Å². The van der Waals surface area contributed by atoms with Gasteiger partial charge in [-0.05, 0) is 30.5 Å². The average Bonchev–Trinajstić information content (AvgIpc) is 3.28. The van der Waals surface area contributed by atoms with Crippen LogP contribution in [0.4, 0.5) is 0 Å². The van der Waals surface area contributed by atoms with E-state index >= 15 is 0 Å². The lowest BCUT2D eigenvalue weighted by Gasteiger charge is -2.15. The molecule has 1 aliphatic heterocycles. The predicted octanol–water partition coefficient (Wildman–Crippen LogP) is 2.45. The zero-order valence-corrected chi connectivity index (χ0v) is 15.8. The molecule has 140 valence electrons. The zero-order chi connectivity index (χ0) is 18.5. The van der Waals surface area contributed by atoms with E-state index in [1.165, 1.54) is 0 Å². The highest BCUT2D eigenvalue weighted by molar-refractivity contribution is 5.92. The van der Waals surface area contributed by atoms with E-state index < -0.39 is 0 Å². The van der Waals surface area contributed by atoms with Crippen LogP contribution in [0, 0.1) is 0 Å². The van der Waals surface area contributed by atoms with Gasteiger partial charge in [0.1, 0.15) is 0 Å². The Kier molecular flexibility index (Phi) is 6.06. The third-order valence-corrected chi connectivity index (χ3v) is 4.78. The lowest BCUT2D eigenvalue weighted by molar-refractivity contribution is 0.0931. The van der Waals surface area contributed by atoms with Crippen molar-refractivity contribution in [2.45, 2.75) is 32.2 Å². The number of nitrogens with one attached hydrogen (secondary N) is 1. The van der Waals surface area contributed by atoms with Gasteiger partial charge in [0.05, 0.1) is 12.3 Å². The van der Waals surface area contributed by atoms with Crippen LogP contribution in [0.15, 0.2) is 36.4 Å². The maximum absolute atomic E-state index is 12.7. The van der Waals surface area contributed by atoms with Gasteiger partial charge in [0.2, 0.25) is 0 Å². The molecule has 6 nitrogen and oxygen atoms in total. The minimum absolute atomic E-state index is 0.0971. The highest BCUT2D eigenvalue weighted by Crippen LogP contribution is 2.20. The summed E-state index contributed by atoms with van der Waals surface area (Å²) in [6, 6.07) is 12.0. The number of likely N-dealkylation sites (tertiary alicyclic amines) is 1. The summed E-state index contributed by atoms with van der Waals surface area (Å²) in [6.07, 6.45) is 0.964. The second-order valence-corrected chi connectivity index (χ2v) is 7.11. The summed E-state index contributed by atoms with van der Waals surface area (Å²) < 4.78 is 7.00. The van der Waals surface area contributed by atoms with Crippen LogP contribution in [0.5, 0.6) is 0 Å². The summed E-state index contributed by atoms with van der Waals surface area (Å²) in [5, 5.41) is 7.72. The number of para-hydroxylation sites is 1. The first kappa shape index (κ1) is 18.6. The van der Waals surface area contributed by atoms with Crippen LogP contribution in [0.2, 0.25) is 0 Å². The number of rotatable bonds is 7. The normalized spacial score (nSPS) is 17.8. The fourth-order valence-corrected chi connectivity index (χ4v) is 3.33. The number of carbonyl (C=O) groups excluding carboxylic acids is 1. The summed E-state index contributed by atoms with van der Waals surface area (Å²) in [7, 11) is 1.71. The van der Waals surface area contributed by atoms with Gasteiger partial charge in [-0.15, -0.1) is 0 Å². The molecule has 1 aromatic carbocycles. The second kappa shape index (κ2) is 8.47. The molecule has 1 N–H and O–H groups in total. The molecule has 0 bridgehead atoms. The van der Waals surface area contributed by atoms with Crippen LogP contribution in [0.1, 0.15) is 42.4 Å². The smallest absolute Gasteiger partial charge is 0.272 e. The first-order valence-corrected chi connectivity index (χ1v) is 9.26. The number of carbonyl (C=O) groups is 1. The zero-order valence-electron chi connectivity index (χ0n) is 15.8. The van der Waals surface area contributed by atoms with Gasteiger partial charge in [0, 0.05) is 38.5 Å². The van der Waals surface area contributed by atoms with Gasteiger partial charge in [0.15, 0.2) is 5.69 Å². The van der Waals surface area contributed by atoms with Crippen molar-refractivity contribution < 1.29 is 9.53 Å². The molecule has 1 amide bonds. The van der Waals surface area contributed by atoms with Crippen LogP contribution < -0.4 is 5.32 Å². The van der Waals surface area contributed by atoms with E-state index in [9.17, 15) is 4.79 Å². The van der Waals surface area contributed by atoms with Crippen molar-refractivity contribution in [1.29, 1.82) is 0 Å². The van der Waals surface area contributed by atoms with Crippen molar-refractivity contribution in [2.75, 3.05) is 33.4 Å². The number of hydrogen-bond acceptors (Lipinski definition) is 4. The molecular formula is C20H28N4O2. The van der Waals surface area contributed by atoms with Crippen LogP contribution in [0.3, 0.4) is 0 Å². The van der Waals surface area contributed by atoms with Crippen LogP contribution in [-0.4, -0.2) is 60.0 Å². The largest absolute Gasteiger partial charge is 0.383 e.